The Morgan fingerprint density at radius 1 is 1.35 bits per heavy atom. The summed E-state index contributed by atoms with van der Waals surface area (Å²) in [6.45, 7) is 1.21. The first-order valence-corrected chi connectivity index (χ1v) is 6.06. The molecule has 0 aliphatic carbocycles. The van der Waals surface area contributed by atoms with Crippen LogP contribution in [0.4, 0.5) is 0 Å². The summed E-state index contributed by atoms with van der Waals surface area (Å²) in [5.41, 5.74) is 0.675. The van der Waals surface area contributed by atoms with Gasteiger partial charge in [0.2, 0.25) is 0 Å². The van der Waals surface area contributed by atoms with Gasteiger partial charge >= 0.3 is 0 Å². The van der Waals surface area contributed by atoms with Gasteiger partial charge in [-0.2, -0.15) is 5.10 Å². The molecule has 0 saturated heterocycles. The number of benzene rings is 1. The first kappa shape index (κ1) is 11.9. The summed E-state index contributed by atoms with van der Waals surface area (Å²) < 4.78 is 2.71. The zero-order chi connectivity index (χ0) is 12.1. The molecule has 0 fully saturated rings. The fraction of sp³-hybridized carbons (Fsp3) is 0.167. The average Bonchev–Trinajstić information content (AvgIpc) is 2.76. The first-order valence-electron chi connectivity index (χ1n) is 5.27. The van der Waals surface area contributed by atoms with Crippen LogP contribution in [0, 0.1) is 0 Å². The zero-order valence-electron chi connectivity index (χ0n) is 9.14. The average molecular weight is 294 g/mol. The number of amides is 1. The van der Waals surface area contributed by atoms with Crippen LogP contribution in [-0.2, 0) is 6.54 Å². The number of nitrogens with one attached hydrogen (secondary N) is 1. The van der Waals surface area contributed by atoms with Gasteiger partial charge in [-0.1, -0.05) is 18.2 Å². The summed E-state index contributed by atoms with van der Waals surface area (Å²) in [4.78, 5) is 11.7. The van der Waals surface area contributed by atoms with Crippen LogP contribution in [0.2, 0.25) is 0 Å². The third kappa shape index (κ3) is 3.42. The van der Waals surface area contributed by atoms with Crippen molar-refractivity contribution in [1.82, 2.24) is 15.1 Å². The minimum absolute atomic E-state index is 0.0585. The van der Waals surface area contributed by atoms with Crippen LogP contribution in [0.1, 0.15) is 10.4 Å². The molecule has 0 unspecified atom stereocenters. The van der Waals surface area contributed by atoms with Crippen LogP contribution in [-0.4, -0.2) is 22.2 Å². The van der Waals surface area contributed by atoms with Crippen LogP contribution in [0.3, 0.4) is 0 Å². The summed E-state index contributed by atoms with van der Waals surface area (Å²) in [5, 5.41) is 6.95. The monoisotopic (exact) mass is 293 g/mol. The van der Waals surface area contributed by atoms with Gasteiger partial charge in [0.25, 0.3) is 5.91 Å². The number of hydrogen-bond donors (Lipinski definition) is 1. The van der Waals surface area contributed by atoms with E-state index in [1.807, 2.05) is 24.4 Å². The van der Waals surface area contributed by atoms with Gasteiger partial charge in [-0.25, -0.2) is 0 Å². The van der Waals surface area contributed by atoms with Crippen molar-refractivity contribution in [2.45, 2.75) is 6.54 Å². The molecular weight excluding hydrogens is 282 g/mol. The number of carbonyl (C=O) groups excluding carboxylic acids is 1. The molecule has 0 atom stereocenters. The molecule has 0 radical (unpaired) electrons. The number of hydrogen-bond acceptors (Lipinski definition) is 2. The Labute approximate surface area is 108 Å². The quantitative estimate of drug-likeness (QED) is 0.938. The fourth-order valence-corrected chi connectivity index (χ4v) is 1.76. The SMILES string of the molecule is O=C(NCCn1cc(Br)cn1)c1ccccc1. The highest BCUT2D eigenvalue weighted by Crippen LogP contribution is 2.05. The van der Waals surface area contributed by atoms with Crippen molar-refractivity contribution in [1.29, 1.82) is 0 Å². The molecule has 0 aliphatic heterocycles. The Morgan fingerprint density at radius 2 is 2.12 bits per heavy atom. The maximum absolute atomic E-state index is 11.7. The second-order valence-corrected chi connectivity index (χ2v) is 4.46. The molecule has 88 valence electrons. The van der Waals surface area contributed by atoms with Crippen molar-refractivity contribution >= 4 is 21.8 Å². The van der Waals surface area contributed by atoms with E-state index in [2.05, 4.69) is 26.3 Å². The van der Waals surface area contributed by atoms with Gasteiger partial charge in [-0.05, 0) is 28.1 Å². The Morgan fingerprint density at radius 3 is 2.76 bits per heavy atom. The number of rotatable bonds is 4. The minimum Gasteiger partial charge on any atom is -0.350 e. The topological polar surface area (TPSA) is 46.9 Å². The van der Waals surface area contributed by atoms with Crippen molar-refractivity contribution in [3.05, 3.63) is 52.8 Å². The molecule has 1 heterocycles. The maximum Gasteiger partial charge on any atom is 0.251 e. The first-order chi connectivity index (χ1) is 8.25. The minimum atomic E-state index is -0.0585. The molecule has 2 rings (SSSR count). The summed E-state index contributed by atoms with van der Waals surface area (Å²) in [5.74, 6) is -0.0585. The third-order valence-corrected chi connectivity index (χ3v) is 2.67. The summed E-state index contributed by atoms with van der Waals surface area (Å²) in [7, 11) is 0. The van der Waals surface area contributed by atoms with Crippen molar-refractivity contribution in [3.8, 4) is 0 Å². The summed E-state index contributed by atoms with van der Waals surface area (Å²) >= 11 is 3.32. The second kappa shape index (κ2) is 5.63. The van der Waals surface area contributed by atoms with E-state index in [1.165, 1.54) is 0 Å². The van der Waals surface area contributed by atoms with E-state index in [0.29, 0.717) is 18.7 Å². The third-order valence-electron chi connectivity index (χ3n) is 2.26. The zero-order valence-corrected chi connectivity index (χ0v) is 10.7. The van der Waals surface area contributed by atoms with Crippen LogP contribution in [0.15, 0.2) is 47.2 Å². The largest absolute Gasteiger partial charge is 0.350 e. The highest BCUT2D eigenvalue weighted by molar-refractivity contribution is 9.10. The summed E-state index contributed by atoms with van der Waals surface area (Å²) in [6.07, 6.45) is 3.59. The van der Waals surface area contributed by atoms with Crippen molar-refractivity contribution in [3.63, 3.8) is 0 Å². The van der Waals surface area contributed by atoms with E-state index in [4.69, 9.17) is 0 Å². The van der Waals surface area contributed by atoms with Gasteiger partial charge in [-0.15, -0.1) is 0 Å². The highest BCUT2D eigenvalue weighted by Gasteiger charge is 2.03. The highest BCUT2D eigenvalue weighted by atomic mass is 79.9. The van der Waals surface area contributed by atoms with Crippen LogP contribution < -0.4 is 5.32 Å². The molecule has 1 N–H and O–H groups in total. The van der Waals surface area contributed by atoms with Crippen molar-refractivity contribution in [2.24, 2.45) is 0 Å². The lowest BCUT2D eigenvalue weighted by Gasteiger charge is -2.05. The van der Waals surface area contributed by atoms with Crippen molar-refractivity contribution in [2.75, 3.05) is 6.54 Å². The predicted molar refractivity (Wildman–Crippen MR) is 68.7 cm³/mol. The Kier molecular flexibility index (Phi) is 3.93. The molecule has 0 saturated carbocycles. The lowest BCUT2D eigenvalue weighted by molar-refractivity contribution is 0.0952. The lowest BCUT2D eigenvalue weighted by Crippen LogP contribution is -2.27. The molecule has 0 aliphatic rings. The van der Waals surface area contributed by atoms with E-state index in [0.717, 1.165) is 4.47 Å². The normalized spacial score (nSPS) is 10.2. The fourth-order valence-electron chi connectivity index (χ4n) is 1.44. The Bertz CT molecular complexity index is 495. The van der Waals surface area contributed by atoms with Crippen LogP contribution in [0.5, 0.6) is 0 Å². The Hall–Kier alpha value is -1.62. The predicted octanol–water partition coefficient (Wildman–Crippen LogP) is 2.08. The van der Waals surface area contributed by atoms with Gasteiger partial charge in [0.15, 0.2) is 0 Å². The van der Waals surface area contributed by atoms with Gasteiger partial charge in [0.1, 0.15) is 0 Å². The second-order valence-electron chi connectivity index (χ2n) is 3.54. The maximum atomic E-state index is 11.7. The Balaban J connectivity index is 1.81. The molecule has 0 spiro atoms. The lowest BCUT2D eigenvalue weighted by atomic mass is 10.2. The number of nitrogens with zero attached hydrogens (tertiary/aromatic N) is 2. The van der Waals surface area contributed by atoms with Gasteiger partial charge < -0.3 is 5.32 Å². The van der Waals surface area contributed by atoms with E-state index in [1.54, 1.807) is 23.0 Å². The number of carbonyl (C=O) groups is 1. The van der Waals surface area contributed by atoms with E-state index >= 15 is 0 Å². The van der Waals surface area contributed by atoms with Crippen LogP contribution in [0.25, 0.3) is 0 Å². The van der Waals surface area contributed by atoms with Gasteiger partial charge in [0, 0.05) is 18.3 Å². The smallest absolute Gasteiger partial charge is 0.251 e. The van der Waals surface area contributed by atoms with Gasteiger partial charge in [0.05, 0.1) is 17.2 Å². The molecule has 1 aromatic carbocycles. The molecule has 1 amide bonds. The molecule has 17 heavy (non-hydrogen) atoms. The summed E-state index contributed by atoms with van der Waals surface area (Å²) in [6, 6.07) is 9.16. The van der Waals surface area contributed by atoms with Crippen molar-refractivity contribution < 1.29 is 4.79 Å². The number of aromatic nitrogens is 2. The standard InChI is InChI=1S/C12H12BrN3O/c13-11-8-15-16(9-11)7-6-14-12(17)10-4-2-1-3-5-10/h1-5,8-9H,6-7H2,(H,14,17). The van der Waals surface area contributed by atoms with Crippen LogP contribution >= 0.6 is 15.9 Å². The van der Waals surface area contributed by atoms with Gasteiger partial charge in [-0.3, -0.25) is 9.48 Å². The molecule has 4 nitrogen and oxygen atoms in total. The van der Waals surface area contributed by atoms with E-state index in [9.17, 15) is 4.79 Å². The molecule has 2 aromatic rings. The molecule has 5 heteroatoms. The van der Waals surface area contributed by atoms with E-state index in [-0.39, 0.29) is 5.91 Å². The number of halogens is 1. The molecular formula is C12H12BrN3O. The molecule has 0 bridgehead atoms. The molecule has 1 aromatic heterocycles. The van der Waals surface area contributed by atoms with E-state index < -0.39 is 0 Å².